The van der Waals surface area contributed by atoms with E-state index in [1.165, 1.54) is 18.2 Å². The van der Waals surface area contributed by atoms with Crippen molar-refractivity contribution in [2.45, 2.75) is 6.18 Å². The normalized spacial score (nSPS) is 12.0. The molecule has 0 saturated heterocycles. The highest BCUT2D eigenvalue weighted by Crippen LogP contribution is 2.34. The summed E-state index contributed by atoms with van der Waals surface area (Å²) >= 11 is 5.97. The second-order valence-corrected chi connectivity index (χ2v) is 7.98. The summed E-state index contributed by atoms with van der Waals surface area (Å²) in [6.45, 7) is 0. The van der Waals surface area contributed by atoms with Crippen LogP contribution < -0.4 is 11.3 Å². The first-order valence-corrected chi connectivity index (χ1v) is 10.1. The monoisotopic (exact) mass is 469 g/mol. The third kappa shape index (κ3) is 3.50. The third-order valence-electron chi connectivity index (χ3n) is 5.35. The summed E-state index contributed by atoms with van der Waals surface area (Å²) in [7, 11) is 1.78. The van der Waals surface area contributed by atoms with Crippen LogP contribution in [-0.4, -0.2) is 19.3 Å². The fourth-order valence-electron chi connectivity index (χ4n) is 3.86. The Morgan fingerprint density at radius 2 is 1.76 bits per heavy atom. The van der Waals surface area contributed by atoms with Crippen molar-refractivity contribution in [3.8, 4) is 16.8 Å². The number of hydrogen-bond donors (Lipinski definition) is 1. The Kier molecular flexibility index (Phi) is 4.68. The quantitative estimate of drug-likeness (QED) is 0.386. The van der Waals surface area contributed by atoms with Crippen LogP contribution in [0.15, 0.2) is 65.6 Å². The fraction of sp³-hybridized carbons (Fsp3) is 0.0870. The molecular weight excluding hydrogens is 455 g/mol. The predicted octanol–water partition coefficient (Wildman–Crippen LogP) is 5.19. The van der Waals surface area contributed by atoms with Gasteiger partial charge in [0.15, 0.2) is 0 Å². The molecule has 3 aromatic heterocycles. The molecule has 3 heterocycles. The minimum atomic E-state index is -4.69. The van der Waals surface area contributed by atoms with Gasteiger partial charge in [-0.2, -0.15) is 18.3 Å². The van der Waals surface area contributed by atoms with Crippen molar-refractivity contribution in [2.24, 2.45) is 7.05 Å². The highest BCUT2D eigenvalue weighted by Gasteiger charge is 2.33. The van der Waals surface area contributed by atoms with Gasteiger partial charge in [-0.3, -0.25) is 14.0 Å². The molecule has 0 fully saturated rings. The van der Waals surface area contributed by atoms with Crippen molar-refractivity contribution >= 4 is 39.2 Å². The van der Waals surface area contributed by atoms with E-state index in [2.05, 4.69) is 10.1 Å². The minimum absolute atomic E-state index is 0.0460. The summed E-state index contributed by atoms with van der Waals surface area (Å²) in [6, 6.07) is 13.5. The van der Waals surface area contributed by atoms with E-state index < -0.39 is 17.4 Å². The molecule has 0 saturated carbocycles. The van der Waals surface area contributed by atoms with Crippen LogP contribution in [-0.2, 0) is 13.2 Å². The highest BCUT2D eigenvalue weighted by atomic mass is 35.5. The molecule has 0 spiro atoms. The number of pyridine rings is 2. The summed E-state index contributed by atoms with van der Waals surface area (Å²) in [4.78, 5) is 17.5. The van der Waals surface area contributed by atoms with E-state index in [-0.39, 0.29) is 22.3 Å². The number of alkyl halides is 3. The van der Waals surface area contributed by atoms with E-state index in [4.69, 9.17) is 17.3 Å². The minimum Gasteiger partial charge on any atom is -0.397 e. The molecule has 0 amide bonds. The Hall–Kier alpha value is -3.85. The van der Waals surface area contributed by atoms with Crippen LogP contribution in [0.3, 0.4) is 0 Å². The Balaban J connectivity index is 1.89. The SMILES string of the molecule is Cn1cc2cc(-c3c(N)c4ccc(C(F)(F)F)nc4n(-c4ccc(Cl)cc4)c3=O)ccc2n1. The van der Waals surface area contributed by atoms with E-state index in [9.17, 15) is 18.0 Å². The molecule has 5 rings (SSSR count). The molecular formula is C23H15ClF3N5O. The van der Waals surface area contributed by atoms with Crippen LogP contribution >= 0.6 is 11.6 Å². The van der Waals surface area contributed by atoms with E-state index in [1.54, 1.807) is 48.3 Å². The molecule has 0 bridgehead atoms. The van der Waals surface area contributed by atoms with Gasteiger partial charge in [-0.15, -0.1) is 0 Å². The van der Waals surface area contributed by atoms with Gasteiger partial charge in [-0.25, -0.2) is 4.98 Å². The number of hydrogen-bond acceptors (Lipinski definition) is 4. The average Bonchev–Trinajstić information content (AvgIpc) is 3.13. The number of benzene rings is 2. The Morgan fingerprint density at radius 3 is 2.45 bits per heavy atom. The first-order valence-electron chi connectivity index (χ1n) is 9.75. The van der Waals surface area contributed by atoms with Crippen LogP contribution in [0.2, 0.25) is 5.02 Å². The highest BCUT2D eigenvalue weighted by molar-refractivity contribution is 6.30. The van der Waals surface area contributed by atoms with E-state index in [0.717, 1.165) is 21.5 Å². The zero-order valence-corrected chi connectivity index (χ0v) is 17.8. The summed E-state index contributed by atoms with van der Waals surface area (Å²) in [5, 5.41) is 5.75. The van der Waals surface area contributed by atoms with Gasteiger partial charge in [0.2, 0.25) is 0 Å². The number of nitrogen functional groups attached to an aromatic ring is 1. The number of nitrogens with zero attached hydrogens (tertiary/aromatic N) is 4. The Bertz CT molecular complexity index is 1600. The maximum atomic E-state index is 13.7. The standard InChI is InChI=1S/C23H15ClF3N5O/c1-31-11-13-10-12(2-8-17(13)30-31)19-20(28)16-7-9-18(23(25,26)27)29-21(16)32(22(19)33)15-5-3-14(24)4-6-15/h2-11H,28H2,1H3. The summed E-state index contributed by atoms with van der Waals surface area (Å²) in [5.41, 5.74) is 6.20. The van der Waals surface area contributed by atoms with Gasteiger partial charge >= 0.3 is 6.18 Å². The molecule has 6 nitrogen and oxygen atoms in total. The van der Waals surface area contributed by atoms with E-state index in [0.29, 0.717) is 16.3 Å². The second kappa shape index (κ2) is 7.35. The Labute approximate surface area is 189 Å². The van der Waals surface area contributed by atoms with Gasteiger partial charge in [0.1, 0.15) is 11.3 Å². The van der Waals surface area contributed by atoms with Gasteiger partial charge in [-0.1, -0.05) is 17.7 Å². The van der Waals surface area contributed by atoms with Crippen molar-refractivity contribution in [1.82, 2.24) is 19.3 Å². The average molecular weight is 470 g/mol. The van der Waals surface area contributed by atoms with Crippen LogP contribution in [0.25, 0.3) is 38.8 Å². The Morgan fingerprint density at radius 1 is 1.03 bits per heavy atom. The largest absolute Gasteiger partial charge is 0.433 e. The number of aryl methyl sites for hydroxylation is 1. The fourth-order valence-corrected chi connectivity index (χ4v) is 3.98. The van der Waals surface area contributed by atoms with Crippen LogP contribution in [0.4, 0.5) is 18.9 Å². The molecule has 2 N–H and O–H groups in total. The molecule has 166 valence electrons. The molecule has 10 heteroatoms. The molecule has 0 unspecified atom stereocenters. The van der Waals surface area contributed by atoms with Crippen molar-refractivity contribution in [1.29, 1.82) is 0 Å². The van der Waals surface area contributed by atoms with Crippen LogP contribution in [0.1, 0.15) is 5.69 Å². The van der Waals surface area contributed by atoms with Gasteiger partial charge in [0, 0.05) is 29.0 Å². The zero-order chi connectivity index (χ0) is 23.5. The predicted molar refractivity (Wildman–Crippen MR) is 121 cm³/mol. The molecule has 0 aliphatic carbocycles. The molecule has 0 aliphatic heterocycles. The van der Waals surface area contributed by atoms with Gasteiger partial charge in [0.05, 0.1) is 22.5 Å². The van der Waals surface area contributed by atoms with Crippen LogP contribution in [0.5, 0.6) is 0 Å². The molecule has 5 aromatic rings. The van der Waals surface area contributed by atoms with Crippen molar-refractivity contribution < 1.29 is 13.2 Å². The van der Waals surface area contributed by atoms with Crippen molar-refractivity contribution in [3.05, 3.63) is 81.9 Å². The van der Waals surface area contributed by atoms with Crippen molar-refractivity contribution in [3.63, 3.8) is 0 Å². The third-order valence-corrected chi connectivity index (χ3v) is 5.60. The number of anilines is 1. The maximum Gasteiger partial charge on any atom is 0.433 e. The smallest absolute Gasteiger partial charge is 0.397 e. The molecule has 2 aromatic carbocycles. The lowest BCUT2D eigenvalue weighted by Crippen LogP contribution is -2.24. The van der Waals surface area contributed by atoms with E-state index >= 15 is 0 Å². The molecule has 33 heavy (non-hydrogen) atoms. The van der Waals surface area contributed by atoms with Gasteiger partial charge < -0.3 is 5.73 Å². The molecule has 0 radical (unpaired) electrons. The molecule has 0 atom stereocenters. The summed E-state index contributed by atoms with van der Waals surface area (Å²) < 4.78 is 42.9. The number of halogens is 4. The van der Waals surface area contributed by atoms with Gasteiger partial charge in [0.25, 0.3) is 5.56 Å². The van der Waals surface area contributed by atoms with Crippen LogP contribution in [0, 0.1) is 0 Å². The lowest BCUT2D eigenvalue weighted by atomic mass is 10.0. The number of nitrogens with two attached hydrogens (primary N) is 1. The maximum absolute atomic E-state index is 13.7. The number of rotatable bonds is 2. The number of aromatic nitrogens is 4. The molecule has 0 aliphatic rings. The zero-order valence-electron chi connectivity index (χ0n) is 17.1. The van der Waals surface area contributed by atoms with Crippen molar-refractivity contribution in [2.75, 3.05) is 5.73 Å². The lowest BCUT2D eigenvalue weighted by Gasteiger charge is -2.17. The van der Waals surface area contributed by atoms with Gasteiger partial charge in [-0.05, 0) is 54.1 Å². The summed E-state index contributed by atoms with van der Waals surface area (Å²) in [6.07, 6.45) is -2.89. The lowest BCUT2D eigenvalue weighted by molar-refractivity contribution is -0.141. The second-order valence-electron chi connectivity index (χ2n) is 7.55. The topological polar surface area (TPSA) is 78.7 Å². The summed E-state index contributed by atoms with van der Waals surface area (Å²) in [5.74, 6) is 0. The van der Waals surface area contributed by atoms with E-state index in [1.807, 2.05) is 0 Å². The first kappa shape index (κ1) is 21.0. The first-order chi connectivity index (χ1) is 15.6. The number of fused-ring (bicyclic) bond motifs is 2.